The Morgan fingerprint density at radius 2 is 1.68 bits per heavy atom. The molecule has 0 spiro atoms. The zero-order valence-corrected chi connectivity index (χ0v) is 14.0. The number of rotatable bonds is 5. The lowest BCUT2D eigenvalue weighted by atomic mass is 9.96. The van der Waals surface area contributed by atoms with Crippen molar-refractivity contribution in [2.75, 3.05) is 13.6 Å². The van der Waals surface area contributed by atoms with Gasteiger partial charge in [-0.05, 0) is 48.7 Å². The Labute approximate surface area is 145 Å². The molecule has 0 aliphatic heterocycles. The second-order valence-electron chi connectivity index (χ2n) is 6.30. The number of hydrogen-bond donors (Lipinski definition) is 2. The van der Waals surface area contributed by atoms with Crippen molar-refractivity contribution in [2.45, 2.75) is 24.8 Å². The molecule has 0 bridgehead atoms. The van der Waals surface area contributed by atoms with Crippen molar-refractivity contribution in [1.29, 1.82) is 0 Å². The Balaban J connectivity index is 1.58. The smallest absolute Gasteiger partial charge is 0.191 e. The number of nitrogens with one attached hydrogen (secondary N) is 2. The third-order valence-electron chi connectivity index (χ3n) is 4.58. The minimum Gasteiger partial charge on any atom is -0.356 e. The average Bonchev–Trinajstić information content (AvgIpc) is 3.39. The Morgan fingerprint density at radius 1 is 1.00 bits per heavy atom. The number of aliphatic imine (C=N–C) groups is 1. The van der Waals surface area contributed by atoms with Crippen LogP contribution in [0, 0.1) is 17.5 Å². The molecule has 1 fully saturated rings. The predicted octanol–water partition coefficient (Wildman–Crippen LogP) is 3.50. The standard InChI is InChI=1S/C19H20F3N3/c1-23-18(24-11-13-10-16(21)6-7-17(13)22)25-12-19(8-9-19)14-2-4-15(20)5-3-14/h2-7,10H,8-9,11-12H2,1H3,(H2,23,24,25). The third-order valence-corrected chi connectivity index (χ3v) is 4.58. The SMILES string of the molecule is CN=C(NCc1cc(F)ccc1F)NCC1(c2ccc(F)cc2)CC1. The van der Waals surface area contributed by atoms with Crippen LogP contribution in [-0.4, -0.2) is 19.6 Å². The first-order chi connectivity index (χ1) is 12.0. The van der Waals surface area contributed by atoms with Gasteiger partial charge in [-0.25, -0.2) is 13.2 Å². The summed E-state index contributed by atoms with van der Waals surface area (Å²) in [6, 6.07) is 9.91. The van der Waals surface area contributed by atoms with Crippen molar-refractivity contribution in [3.63, 3.8) is 0 Å². The number of hydrogen-bond acceptors (Lipinski definition) is 1. The molecule has 1 aliphatic carbocycles. The largest absolute Gasteiger partial charge is 0.356 e. The summed E-state index contributed by atoms with van der Waals surface area (Å²) in [4.78, 5) is 4.11. The Morgan fingerprint density at radius 3 is 2.32 bits per heavy atom. The van der Waals surface area contributed by atoms with E-state index in [1.807, 2.05) is 12.1 Å². The van der Waals surface area contributed by atoms with Gasteiger partial charge in [0, 0.05) is 31.1 Å². The first kappa shape index (κ1) is 17.3. The van der Waals surface area contributed by atoms with Gasteiger partial charge in [-0.3, -0.25) is 4.99 Å². The van der Waals surface area contributed by atoms with Crippen molar-refractivity contribution < 1.29 is 13.2 Å². The molecule has 1 aliphatic rings. The molecule has 25 heavy (non-hydrogen) atoms. The summed E-state index contributed by atoms with van der Waals surface area (Å²) >= 11 is 0. The average molecular weight is 347 g/mol. The van der Waals surface area contributed by atoms with Crippen LogP contribution in [-0.2, 0) is 12.0 Å². The van der Waals surface area contributed by atoms with Gasteiger partial charge in [0.2, 0.25) is 0 Å². The van der Waals surface area contributed by atoms with Crippen molar-refractivity contribution in [3.8, 4) is 0 Å². The topological polar surface area (TPSA) is 36.4 Å². The van der Waals surface area contributed by atoms with Crippen molar-refractivity contribution in [2.24, 2.45) is 4.99 Å². The van der Waals surface area contributed by atoms with E-state index < -0.39 is 11.6 Å². The molecule has 132 valence electrons. The molecule has 0 radical (unpaired) electrons. The maximum atomic E-state index is 13.7. The molecular formula is C19H20F3N3. The predicted molar refractivity (Wildman–Crippen MR) is 91.9 cm³/mol. The Hall–Kier alpha value is -2.50. The summed E-state index contributed by atoms with van der Waals surface area (Å²) in [6.07, 6.45) is 2.03. The van der Waals surface area contributed by atoms with Gasteiger partial charge in [0.15, 0.2) is 5.96 Å². The summed E-state index contributed by atoms with van der Waals surface area (Å²) in [6.45, 7) is 0.775. The van der Waals surface area contributed by atoms with Crippen LogP contribution in [0.1, 0.15) is 24.0 Å². The van der Waals surface area contributed by atoms with Crippen molar-refractivity contribution in [1.82, 2.24) is 10.6 Å². The Kier molecular flexibility index (Phi) is 4.97. The quantitative estimate of drug-likeness (QED) is 0.642. The van der Waals surface area contributed by atoms with Crippen molar-refractivity contribution in [3.05, 3.63) is 71.0 Å². The highest BCUT2D eigenvalue weighted by atomic mass is 19.1. The number of halogens is 3. The molecule has 0 amide bonds. The molecule has 0 heterocycles. The minimum absolute atomic E-state index is 0.0184. The molecule has 3 rings (SSSR count). The fourth-order valence-electron chi connectivity index (χ4n) is 2.85. The number of benzene rings is 2. The summed E-state index contributed by atoms with van der Waals surface area (Å²) < 4.78 is 40.0. The maximum absolute atomic E-state index is 13.7. The highest BCUT2D eigenvalue weighted by Gasteiger charge is 2.44. The second kappa shape index (κ2) is 7.17. The first-order valence-corrected chi connectivity index (χ1v) is 8.17. The van der Waals surface area contributed by atoms with Crippen LogP contribution >= 0.6 is 0 Å². The van der Waals surface area contributed by atoms with E-state index in [0.29, 0.717) is 12.5 Å². The molecule has 0 atom stereocenters. The maximum Gasteiger partial charge on any atom is 0.191 e. The van der Waals surface area contributed by atoms with Gasteiger partial charge in [-0.2, -0.15) is 0 Å². The van der Waals surface area contributed by atoms with Gasteiger partial charge in [0.1, 0.15) is 17.5 Å². The zero-order chi connectivity index (χ0) is 17.9. The molecule has 0 aromatic heterocycles. The van der Waals surface area contributed by atoms with E-state index >= 15 is 0 Å². The Bertz CT molecular complexity index is 768. The van der Waals surface area contributed by atoms with Gasteiger partial charge in [-0.1, -0.05) is 12.1 Å². The third kappa shape index (κ3) is 4.13. The van der Waals surface area contributed by atoms with E-state index in [-0.39, 0.29) is 23.3 Å². The van der Waals surface area contributed by atoms with E-state index in [2.05, 4.69) is 15.6 Å². The zero-order valence-electron chi connectivity index (χ0n) is 14.0. The lowest BCUT2D eigenvalue weighted by molar-refractivity contribution is 0.579. The molecule has 6 heteroatoms. The van der Waals surface area contributed by atoms with Crippen LogP contribution in [0.25, 0.3) is 0 Å². The summed E-state index contributed by atoms with van der Waals surface area (Å²) in [5.41, 5.74) is 1.31. The normalized spacial score (nSPS) is 15.8. The van der Waals surface area contributed by atoms with Crippen LogP contribution in [0.15, 0.2) is 47.5 Å². The van der Waals surface area contributed by atoms with Crippen LogP contribution in [0.3, 0.4) is 0 Å². The fourth-order valence-corrected chi connectivity index (χ4v) is 2.85. The highest BCUT2D eigenvalue weighted by molar-refractivity contribution is 5.79. The van der Waals surface area contributed by atoms with E-state index in [4.69, 9.17) is 0 Å². The first-order valence-electron chi connectivity index (χ1n) is 8.17. The summed E-state index contributed by atoms with van der Waals surface area (Å²) in [5.74, 6) is -0.678. The molecule has 3 nitrogen and oxygen atoms in total. The van der Waals surface area contributed by atoms with Crippen LogP contribution in [0.5, 0.6) is 0 Å². The van der Waals surface area contributed by atoms with E-state index in [9.17, 15) is 13.2 Å². The van der Waals surface area contributed by atoms with Gasteiger partial charge >= 0.3 is 0 Å². The summed E-state index contributed by atoms with van der Waals surface area (Å²) in [5, 5.41) is 6.21. The van der Waals surface area contributed by atoms with Crippen LogP contribution in [0.2, 0.25) is 0 Å². The molecular weight excluding hydrogens is 327 g/mol. The molecule has 2 N–H and O–H groups in total. The fraction of sp³-hybridized carbons (Fsp3) is 0.316. The van der Waals surface area contributed by atoms with Gasteiger partial charge in [0.05, 0.1) is 0 Å². The lowest BCUT2D eigenvalue weighted by Gasteiger charge is -2.19. The van der Waals surface area contributed by atoms with Gasteiger partial charge < -0.3 is 10.6 Å². The van der Waals surface area contributed by atoms with E-state index in [0.717, 1.165) is 36.6 Å². The molecule has 1 saturated carbocycles. The number of guanidine groups is 1. The van der Waals surface area contributed by atoms with Gasteiger partial charge in [0.25, 0.3) is 0 Å². The second-order valence-corrected chi connectivity index (χ2v) is 6.30. The van der Waals surface area contributed by atoms with Gasteiger partial charge in [-0.15, -0.1) is 0 Å². The van der Waals surface area contributed by atoms with E-state index in [1.54, 1.807) is 7.05 Å². The highest BCUT2D eigenvalue weighted by Crippen LogP contribution is 2.47. The summed E-state index contributed by atoms with van der Waals surface area (Å²) in [7, 11) is 1.62. The lowest BCUT2D eigenvalue weighted by Crippen LogP contribution is -2.41. The van der Waals surface area contributed by atoms with Crippen LogP contribution in [0.4, 0.5) is 13.2 Å². The van der Waals surface area contributed by atoms with Crippen LogP contribution < -0.4 is 10.6 Å². The number of nitrogens with zero attached hydrogens (tertiary/aromatic N) is 1. The molecule has 0 unspecified atom stereocenters. The molecule has 2 aromatic carbocycles. The van der Waals surface area contributed by atoms with Crippen molar-refractivity contribution >= 4 is 5.96 Å². The molecule has 0 saturated heterocycles. The molecule has 2 aromatic rings. The monoisotopic (exact) mass is 347 g/mol. The minimum atomic E-state index is -0.477. The van der Waals surface area contributed by atoms with E-state index in [1.165, 1.54) is 12.1 Å².